The molecule has 0 bridgehead atoms. The molecule has 3 atom stereocenters. The number of hydrogen-bond donors (Lipinski definition) is 3. The normalized spacial score (nSPS) is 31.8. The van der Waals surface area contributed by atoms with E-state index in [1.165, 1.54) is 19.3 Å². The van der Waals surface area contributed by atoms with Crippen LogP contribution in [0.5, 0.6) is 0 Å². The molecule has 0 aromatic heterocycles. The van der Waals surface area contributed by atoms with Gasteiger partial charge in [0.05, 0.1) is 12.2 Å². The summed E-state index contributed by atoms with van der Waals surface area (Å²) in [6.45, 7) is 3.94. The van der Waals surface area contributed by atoms with E-state index in [0.29, 0.717) is 19.7 Å². The summed E-state index contributed by atoms with van der Waals surface area (Å²) in [6, 6.07) is 0. The summed E-state index contributed by atoms with van der Waals surface area (Å²) >= 11 is 0. The maximum atomic E-state index is 9.63. The lowest BCUT2D eigenvalue weighted by atomic mass is 10.0. The van der Waals surface area contributed by atoms with E-state index >= 15 is 0 Å². The van der Waals surface area contributed by atoms with Gasteiger partial charge in [-0.3, -0.25) is 0 Å². The number of piperidine rings is 1. The monoisotopic (exact) mass is 217 g/mol. The van der Waals surface area contributed by atoms with Gasteiger partial charge >= 0.3 is 0 Å². The number of β-amino-alcohol motifs (C(OH)–C–C–N with tert-alkyl or cyclic N) is 1. The van der Waals surface area contributed by atoms with E-state index in [0.717, 1.165) is 6.42 Å². The van der Waals surface area contributed by atoms with E-state index in [4.69, 9.17) is 4.74 Å². The number of rotatable bonds is 6. The van der Waals surface area contributed by atoms with Crippen LogP contribution >= 0.6 is 0 Å². The van der Waals surface area contributed by atoms with Crippen LogP contribution in [0.3, 0.4) is 0 Å². The quantitative estimate of drug-likeness (QED) is 0.559. The molecule has 4 nitrogen and oxygen atoms in total. The summed E-state index contributed by atoms with van der Waals surface area (Å²) in [6.07, 6.45) is 2.97. The zero-order valence-electron chi connectivity index (χ0n) is 9.48. The van der Waals surface area contributed by atoms with Gasteiger partial charge in [0, 0.05) is 19.7 Å². The lowest BCUT2D eigenvalue weighted by molar-refractivity contribution is -0.104. The van der Waals surface area contributed by atoms with Gasteiger partial charge in [0.15, 0.2) is 0 Å². The van der Waals surface area contributed by atoms with Crippen LogP contribution < -0.4 is 5.32 Å². The lowest BCUT2D eigenvalue weighted by Gasteiger charge is -2.32. The Balaban J connectivity index is 2.09. The Morgan fingerprint density at radius 1 is 1.20 bits per heavy atom. The van der Waals surface area contributed by atoms with E-state index in [1.807, 2.05) is 0 Å². The Hall–Kier alpha value is -0.160. The van der Waals surface area contributed by atoms with E-state index in [-0.39, 0.29) is 6.10 Å². The summed E-state index contributed by atoms with van der Waals surface area (Å²) < 4.78 is 5.54. The second-order valence-electron chi connectivity index (χ2n) is 4.19. The zero-order valence-corrected chi connectivity index (χ0v) is 9.48. The molecule has 4 heteroatoms. The largest absolute Gasteiger partial charge is 0.389 e. The van der Waals surface area contributed by atoms with E-state index in [9.17, 15) is 10.2 Å². The number of unbranched alkanes of at least 4 members (excludes halogenated alkanes) is 3. The van der Waals surface area contributed by atoms with Crippen LogP contribution in [0.25, 0.3) is 0 Å². The van der Waals surface area contributed by atoms with Crippen molar-refractivity contribution in [1.82, 2.24) is 5.32 Å². The van der Waals surface area contributed by atoms with E-state index < -0.39 is 12.2 Å². The van der Waals surface area contributed by atoms with Gasteiger partial charge in [-0.25, -0.2) is 0 Å². The predicted molar refractivity (Wildman–Crippen MR) is 58.8 cm³/mol. The minimum Gasteiger partial charge on any atom is -0.389 e. The third-order valence-electron chi connectivity index (χ3n) is 2.80. The first kappa shape index (κ1) is 12.9. The fourth-order valence-corrected chi connectivity index (χ4v) is 1.78. The lowest BCUT2D eigenvalue weighted by Crippen LogP contribution is -2.54. The third kappa shape index (κ3) is 4.47. The van der Waals surface area contributed by atoms with Crippen molar-refractivity contribution in [1.29, 1.82) is 0 Å². The zero-order chi connectivity index (χ0) is 11.1. The molecule has 3 N–H and O–H groups in total. The molecule has 0 spiro atoms. The Morgan fingerprint density at radius 3 is 2.73 bits per heavy atom. The van der Waals surface area contributed by atoms with Crippen molar-refractivity contribution in [2.24, 2.45) is 0 Å². The van der Waals surface area contributed by atoms with E-state index in [1.54, 1.807) is 0 Å². The molecule has 90 valence electrons. The summed E-state index contributed by atoms with van der Waals surface area (Å²) in [5.74, 6) is 0. The predicted octanol–water partition coefficient (Wildman–Crippen LogP) is 0.277. The fourth-order valence-electron chi connectivity index (χ4n) is 1.78. The first-order valence-electron chi connectivity index (χ1n) is 5.94. The standard InChI is InChI=1S/C11H23NO3/c1-2-3-4-5-6-15-10-8-12-7-9(13)11(10)14/h9-14H,2-8H2,1H3/t9-,10+,11+/m0/s1. The van der Waals surface area contributed by atoms with Gasteiger partial charge in [-0.05, 0) is 6.42 Å². The van der Waals surface area contributed by atoms with Crippen LogP contribution in [0.2, 0.25) is 0 Å². The van der Waals surface area contributed by atoms with Crippen molar-refractivity contribution >= 4 is 0 Å². The molecule has 1 aliphatic rings. The third-order valence-corrected chi connectivity index (χ3v) is 2.80. The van der Waals surface area contributed by atoms with Gasteiger partial charge in [-0.15, -0.1) is 0 Å². The Morgan fingerprint density at radius 2 is 2.00 bits per heavy atom. The number of aliphatic hydroxyl groups is 2. The molecular formula is C11H23NO3. The van der Waals surface area contributed by atoms with Crippen molar-refractivity contribution in [3.63, 3.8) is 0 Å². The molecule has 1 rings (SSSR count). The van der Waals surface area contributed by atoms with Gasteiger partial charge in [0.25, 0.3) is 0 Å². The van der Waals surface area contributed by atoms with Gasteiger partial charge in [-0.2, -0.15) is 0 Å². The van der Waals surface area contributed by atoms with Crippen LogP contribution in [0.4, 0.5) is 0 Å². The maximum absolute atomic E-state index is 9.63. The molecule has 0 aromatic carbocycles. The highest BCUT2D eigenvalue weighted by molar-refractivity contribution is 4.85. The van der Waals surface area contributed by atoms with Crippen LogP contribution in [0, 0.1) is 0 Å². The second-order valence-corrected chi connectivity index (χ2v) is 4.19. The fraction of sp³-hybridized carbons (Fsp3) is 1.00. The Bertz CT molecular complexity index is 166. The Kier molecular flexibility index (Phi) is 6.17. The number of aliphatic hydroxyl groups excluding tert-OH is 2. The smallest absolute Gasteiger partial charge is 0.108 e. The van der Waals surface area contributed by atoms with Crippen molar-refractivity contribution in [3.05, 3.63) is 0 Å². The maximum Gasteiger partial charge on any atom is 0.108 e. The molecule has 0 radical (unpaired) electrons. The summed E-state index contributed by atoms with van der Waals surface area (Å²) in [5.41, 5.74) is 0. The summed E-state index contributed by atoms with van der Waals surface area (Å²) in [5, 5.41) is 22.1. The Labute approximate surface area is 91.6 Å². The molecule has 0 aromatic rings. The molecule has 1 fully saturated rings. The minimum atomic E-state index is -0.738. The molecule has 15 heavy (non-hydrogen) atoms. The minimum absolute atomic E-state index is 0.254. The molecular weight excluding hydrogens is 194 g/mol. The molecule has 0 saturated carbocycles. The first-order chi connectivity index (χ1) is 7.25. The second kappa shape index (κ2) is 7.17. The van der Waals surface area contributed by atoms with E-state index in [2.05, 4.69) is 12.2 Å². The van der Waals surface area contributed by atoms with Gasteiger partial charge in [0.1, 0.15) is 6.10 Å². The van der Waals surface area contributed by atoms with Crippen molar-refractivity contribution in [2.75, 3.05) is 19.7 Å². The van der Waals surface area contributed by atoms with Gasteiger partial charge in [0.2, 0.25) is 0 Å². The highest BCUT2D eigenvalue weighted by atomic mass is 16.5. The topological polar surface area (TPSA) is 61.7 Å². The summed E-state index contributed by atoms with van der Waals surface area (Å²) in [4.78, 5) is 0. The average molecular weight is 217 g/mol. The number of nitrogens with one attached hydrogen (secondary N) is 1. The molecule has 0 amide bonds. The molecule has 1 aliphatic heterocycles. The highest BCUT2D eigenvalue weighted by Crippen LogP contribution is 2.09. The summed E-state index contributed by atoms with van der Waals surface area (Å²) in [7, 11) is 0. The van der Waals surface area contributed by atoms with Crippen molar-refractivity contribution < 1.29 is 14.9 Å². The van der Waals surface area contributed by atoms with Crippen LogP contribution in [0.15, 0.2) is 0 Å². The molecule has 0 aliphatic carbocycles. The first-order valence-corrected chi connectivity index (χ1v) is 5.94. The number of hydrogen-bond acceptors (Lipinski definition) is 4. The molecule has 1 saturated heterocycles. The van der Waals surface area contributed by atoms with Crippen molar-refractivity contribution in [2.45, 2.75) is 50.9 Å². The van der Waals surface area contributed by atoms with Crippen LogP contribution in [-0.2, 0) is 4.74 Å². The van der Waals surface area contributed by atoms with Gasteiger partial charge < -0.3 is 20.3 Å². The molecule has 0 unspecified atom stereocenters. The average Bonchev–Trinajstić information content (AvgIpc) is 2.24. The van der Waals surface area contributed by atoms with Gasteiger partial charge in [-0.1, -0.05) is 26.2 Å². The SMILES string of the molecule is CCCCCCO[C@@H]1CNC[C@H](O)[C@H]1O. The van der Waals surface area contributed by atoms with Crippen molar-refractivity contribution in [3.8, 4) is 0 Å². The van der Waals surface area contributed by atoms with Crippen LogP contribution in [-0.4, -0.2) is 48.2 Å². The molecule has 1 heterocycles. The number of ether oxygens (including phenoxy) is 1. The highest BCUT2D eigenvalue weighted by Gasteiger charge is 2.30. The van der Waals surface area contributed by atoms with Crippen LogP contribution in [0.1, 0.15) is 32.6 Å².